The first-order valence-corrected chi connectivity index (χ1v) is 8.12. The third kappa shape index (κ3) is 2.09. The van der Waals surface area contributed by atoms with Crippen LogP contribution < -0.4 is 0 Å². The molecule has 0 N–H and O–H groups in total. The van der Waals surface area contributed by atoms with Crippen molar-refractivity contribution in [1.29, 1.82) is 0 Å². The third-order valence-electron chi connectivity index (χ3n) is 4.07. The predicted molar refractivity (Wildman–Crippen MR) is 90.8 cm³/mol. The molecule has 4 rings (SSSR count). The van der Waals surface area contributed by atoms with Crippen molar-refractivity contribution in [1.82, 2.24) is 0 Å². The van der Waals surface area contributed by atoms with Crippen LogP contribution in [0.2, 0.25) is 0 Å². The third-order valence-corrected chi connectivity index (χ3v) is 4.92. The Kier molecular flexibility index (Phi) is 3.49. The molecule has 0 bridgehead atoms. The second kappa shape index (κ2) is 5.51. The highest BCUT2D eigenvalue weighted by Crippen LogP contribution is 2.43. The molecule has 0 unspecified atom stereocenters. The summed E-state index contributed by atoms with van der Waals surface area (Å²) in [7, 11) is 0. The molecule has 1 saturated heterocycles. The van der Waals surface area contributed by atoms with Gasteiger partial charge < -0.3 is 9.47 Å². The summed E-state index contributed by atoms with van der Waals surface area (Å²) >= 11 is 3.76. The molecule has 3 aromatic carbocycles. The zero-order valence-electron chi connectivity index (χ0n) is 12.0. The maximum absolute atomic E-state index is 6.09. The van der Waals surface area contributed by atoms with E-state index >= 15 is 0 Å². The van der Waals surface area contributed by atoms with Crippen molar-refractivity contribution in [2.75, 3.05) is 13.2 Å². The highest BCUT2D eigenvalue weighted by molar-refractivity contribution is 9.10. The van der Waals surface area contributed by atoms with E-state index in [1.54, 1.807) is 0 Å². The van der Waals surface area contributed by atoms with Gasteiger partial charge in [0.15, 0.2) is 0 Å². The summed E-state index contributed by atoms with van der Waals surface area (Å²) in [5.41, 5.74) is 2.03. The molecule has 1 heterocycles. The van der Waals surface area contributed by atoms with Gasteiger partial charge in [0.25, 0.3) is 0 Å². The van der Waals surface area contributed by atoms with Crippen molar-refractivity contribution >= 4 is 26.7 Å². The molecule has 2 nitrogen and oxygen atoms in total. The Morgan fingerprint density at radius 3 is 2.23 bits per heavy atom. The average Bonchev–Trinajstić information content (AvgIpc) is 3.07. The molecule has 3 heteroatoms. The first kappa shape index (κ1) is 13.9. The van der Waals surface area contributed by atoms with Gasteiger partial charge >= 0.3 is 0 Å². The van der Waals surface area contributed by atoms with Crippen molar-refractivity contribution in [3.8, 4) is 0 Å². The van der Waals surface area contributed by atoms with Gasteiger partial charge in [0.2, 0.25) is 5.79 Å². The second-order valence-electron chi connectivity index (χ2n) is 5.33. The second-order valence-corrected chi connectivity index (χ2v) is 6.12. The lowest BCUT2D eigenvalue weighted by Crippen LogP contribution is -2.29. The van der Waals surface area contributed by atoms with E-state index in [1.807, 2.05) is 42.5 Å². The highest BCUT2D eigenvalue weighted by Gasteiger charge is 2.42. The average molecular weight is 355 g/mol. The number of fused-ring (bicyclic) bond motifs is 1. The van der Waals surface area contributed by atoms with Gasteiger partial charge in [-0.2, -0.15) is 0 Å². The lowest BCUT2D eigenvalue weighted by Gasteiger charge is -2.29. The van der Waals surface area contributed by atoms with Crippen molar-refractivity contribution in [3.63, 3.8) is 0 Å². The van der Waals surface area contributed by atoms with Crippen LogP contribution in [0, 0.1) is 0 Å². The summed E-state index contributed by atoms with van der Waals surface area (Å²) in [5, 5.41) is 2.36. The molecule has 0 spiro atoms. The van der Waals surface area contributed by atoms with E-state index < -0.39 is 5.79 Å². The molecule has 0 atom stereocenters. The zero-order chi connectivity index (χ0) is 15.0. The van der Waals surface area contributed by atoms with Gasteiger partial charge in [-0.3, -0.25) is 0 Å². The van der Waals surface area contributed by atoms with Crippen LogP contribution in [0.25, 0.3) is 10.8 Å². The maximum Gasteiger partial charge on any atom is 0.223 e. The van der Waals surface area contributed by atoms with E-state index in [4.69, 9.17) is 9.47 Å². The van der Waals surface area contributed by atoms with Gasteiger partial charge in [0, 0.05) is 15.6 Å². The molecular formula is C19H15BrO2. The molecule has 22 heavy (non-hydrogen) atoms. The fourth-order valence-electron chi connectivity index (χ4n) is 3.04. The van der Waals surface area contributed by atoms with Gasteiger partial charge in [-0.15, -0.1) is 0 Å². The van der Waals surface area contributed by atoms with E-state index in [1.165, 1.54) is 5.39 Å². The molecule has 0 amide bonds. The van der Waals surface area contributed by atoms with Crippen molar-refractivity contribution in [2.24, 2.45) is 0 Å². The number of benzene rings is 3. The molecule has 0 saturated carbocycles. The van der Waals surface area contributed by atoms with Crippen molar-refractivity contribution < 1.29 is 9.47 Å². The van der Waals surface area contributed by atoms with E-state index in [0.717, 1.165) is 21.0 Å². The Morgan fingerprint density at radius 1 is 0.773 bits per heavy atom. The summed E-state index contributed by atoms with van der Waals surface area (Å²) in [6.45, 7) is 1.18. The monoisotopic (exact) mass is 354 g/mol. The Bertz CT molecular complexity index is 808. The molecule has 3 aromatic rings. The van der Waals surface area contributed by atoms with Crippen LogP contribution >= 0.6 is 15.9 Å². The molecule has 0 radical (unpaired) electrons. The number of rotatable bonds is 2. The predicted octanol–water partition coefficient (Wildman–Crippen LogP) is 4.85. The van der Waals surface area contributed by atoms with Crippen molar-refractivity contribution in [3.05, 3.63) is 82.3 Å². The van der Waals surface area contributed by atoms with Crippen LogP contribution in [0.15, 0.2) is 71.2 Å². The first-order chi connectivity index (χ1) is 10.8. The van der Waals surface area contributed by atoms with E-state index in [9.17, 15) is 0 Å². The molecule has 1 aliphatic heterocycles. The van der Waals surface area contributed by atoms with Crippen LogP contribution in [0.1, 0.15) is 11.1 Å². The molecule has 110 valence electrons. The maximum atomic E-state index is 6.09. The lowest BCUT2D eigenvalue weighted by atomic mass is 9.95. The Hall–Kier alpha value is -1.68. The number of ether oxygens (including phenoxy) is 2. The largest absolute Gasteiger partial charge is 0.340 e. The van der Waals surface area contributed by atoms with Gasteiger partial charge in [0.05, 0.1) is 13.2 Å². The normalized spacial score (nSPS) is 17.0. The van der Waals surface area contributed by atoms with Crippen LogP contribution in [-0.4, -0.2) is 13.2 Å². The minimum atomic E-state index is -0.829. The van der Waals surface area contributed by atoms with Gasteiger partial charge in [0.1, 0.15) is 0 Å². The SMILES string of the molecule is Brc1c(C2(c3ccccc3)OCCO2)ccc2ccccc12. The van der Waals surface area contributed by atoms with Crippen LogP contribution in [0.3, 0.4) is 0 Å². The number of halogens is 1. The van der Waals surface area contributed by atoms with Crippen molar-refractivity contribution in [2.45, 2.75) is 5.79 Å². The quantitative estimate of drug-likeness (QED) is 0.654. The highest BCUT2D eigenvalue weighted by atomic mass is 79.9. The minimum absolute atomic E-state index is 0.591. The van der Waals surface area contributed by atoms with Crippen LogP contribution in [0.4, 0.5) is 0 Å². The molecule has 0 aromatic heterocycles. The Morgan fingerprint density at radius 2 is 1.45 bits per heavy atom. The zero-order valence-corrected chi connectivity index (χ0v) is 13.5. The summed E-state index contributed by atoms with van der Waals surface area (Å²) in [5.74, 6) is -0.829. The van der Waals surface area contributed by atoms with Crippen LogP contribution in [0.5, 0.6) is 0 Å². The van der Waals surface area contributed by atoms with Gasteiger partial charge in [-0.1, -0.05) is 66.7 Å². The summed E-state index contributed by atoms with van der Waals surface area (Å²) in [6.07, 6.45) is 0. The number of hydrogen-bond acceptors (Lipinski definition) is 2. The van der Waals surface area contributed by atoms with E-state index in [2.05, 4.69) is 40.2 Å². The minimum Gasteiger partial charge on any atom is -0.340 e. The summed E-state index contributed by atoms with van der Waals surface area (Å²) in [6, 6.07) is 22.6. The van der Waals surface area contributed by atoms with E-state index in [0.29, 0.717) is 13.2 Å². The fraction of sp³-hybridized carbons (Fsp3) is 0.158. The van der Waals surface area contributed by atoms with Gasteiger partial charge in [-0.25, -0.2) is 0 Å². The first-order valence-electron chi connectivity index (χ1n) is 7.32. The standard InChI is InChI=1S/C19H15BrO2/c20-18-16-9-5-4-6-14(16)10-11-17(18)19(21-12-13-22-19)15-7-2-1-3-8-15/h1-11H,12-13H2. The van der Waals surface area contributed by atoms with E-state index in [-0.39, 0.29) is 0 Å². The fourth-order valence-corrected chi connectivity index (χ4v) is 3.79. The molecular weight excluding hydrogens is 340 g/mol. The summed E-state index contributed by atoms with van der Waals surface area (Å²) < 4.78 is 13.2. The molecule has 1 aliphatic rings. The van der Waals surface area contributed by atoms with Crippen LogP contribution in [-0.2, 0) is 15.3 Å². The van der Waals surface area contributed by atoms with Gasteiger partial charge in [-0.05, 0) is 26.7 Å². The smallest absolute Gasteiger partial charge is 0.223 e. The summed E-state index contributed by atoms with van der Waals surface area (Å²) in [4.78, 5) is 0. The molecule has 0 aliphatic carbocycles. The number of hydrogen-bond donors (Lipinski definition) is 0. The molecule has 1 fully saturated rings. The lowest BCUT2D eigenvalue weighted by molar-refractivity contribution is -0.130. The Balaban J connectivity index is 1.97. The Labute approximate surface area is 137 Å². The topological polar surface area (TPSA) is 18.5 Å².